The SMILES string of the molecule is CC(C#N)CN(C)C1CCCC(=O)C1. The van der Waals surface area contributed by atoms with E-state index in [2.05, 4.69) is 11.0 Å². The molecule has 0 aliphatic heterocycles. The van der Waals surface area contributed by atoms with Gasteiger partial charge in [-0.05, 0) is 26.8 Å². The summed E-state index contributed by atoms with van der Waals surface area (Å²) in [4.78, 5) is 13.4. The van der Waals surface area contributed by atoms with Crippen LogP contribution in [0.1, 0.15) is 32.6 Å². The van der Waals surface area contributed by atoms with Crippen molar-refractivity contribution in [1.29, 1.82) is 5.26 Å². The molecule has 2 atom stereocenters. The van der Waals surface area contributed by atoms with Crippen molar-refractivity contribution in [3.8, 4) is 6.07 Å². The third-order valence-electron chi connectivity index (χ3n) is 2.86. The molecule has 1 fully saturated rings. The van der Waals surface area contributed by atoms with Gasteiger partial charge in [0.15, 0.2) is 0 Å². The van der Waals surface area contributed by atoms with Crippen LogP contribution in [-0.4, -0.2) is 30.3 Å². The Morgan fingerprint density at radius 2 is 2.43 bits per heavy atom. The first-order valence-electron chi connectivity index (χ1n) is 5.25. The number of carbonyl (C=O) groups excluding carboxylic acids is 1. The summed E-state index contributed by atoms with van der Waals surface area (Å²) >= 11 is 0. The molecule has 0 aromatic rings. The highest BCUT2D eigenvalue weighted by Crippen LogP contribution is 2.19. The van der Waals surface area contributed by atoms with E-state index >= 15 is 0 Å². The quantitative estimate of drug-likeness (QED) is 0.685. The van der Waals surface area contributed by atoms with Crippen molar-refractivity contribution >= 4 is 5.78 Å². The van der Waals surface area contributed by atoms with Crippen LogP contribution in [0.2, 0.25) is 0 Å². The van der Waals surface area contributed by atoms with E-state index in [-0.39, 0.29) is 5.92 Å². The standard InChI is InChI=1S/C11H18N2O/c1-9(7-12)8-13(2)10-4-3-5-11(14)6-10/h9-10H,3-6,8H2,1-2H3. The van der Waals surface area contributed by atoms with E-state index in [1.807, 2.05) is 14.0 Å². The topological polar surface area (TPSA) is 44.1 Å². The second-order valence-corrected chi connectivity index (χ2v) is 4.26. The molecular weight excluding hydrogens is 176 g/mol. The molecule has 78 valence electrons. The van der Waals surface area contributed by atoms with Gasteiger partial charge in [0.25, 0.3) is 0 Å². The summed E-state index contributed by atoms with van der Waals surface area (Å²) in [6.07, 6.45) is 3.53. The first kappa shape index (κ1) is 11.2. The lowest BCUT2D eigenvalue weighted by Gasteiger charge is -2.31. The lowest BCUT2D eigenvalue weighted by atomic mass is 9.93. The molecule has 0 aromatic carbocycles. The molecule has 0 saturated heterocycles. The van der Waals surface area contributed by atoms with Crippen molar-refractivity contribution in [3.63, 3.8) is 0 Å². The van der Waals surface area contributed by atoms with Gasteiger partial charge in [0.05, 0.1) is 12.0 Å². The summed E-state index contributed by atoms with van der Waals surface area (Å²) in [7, 11) is 2.01. The van der Waals surface area contributed by atoms with E-state index in [1.165, 1.54) is 0 Å². The largest absolute Gasteiger partial charge is 0.302 e. The van der Waals surface area contributed by atoms with E-state index in [1.54, 1.807) is 0 Å². The average Bonchev–Trinajstić information content (AvgIpc) is 2.17. The fraction of sp³-hybridized carbons (Fsp3) is 0.818. The van der Waals surface area contributed by atoms with E-state index in [9.17, 15) is 4.79 Å². The van der Waals surface area contributed by atoms with Crippen molar-refractivity contribution in [2.45, 2.75) is 38.6 Å². The van der Waals surface area contributed by atoms with Gasteiger partial charge in [-0.1, -0.05) is 0 Å². The van der Waals surface area contributed by atoms with Crippen LogP contribution in [-0.2, 0) is 4.79 Å². The maximum atomic E-state index is 11.2. The minimum atomic E-state index is 0.0528. The van der Waals surface area contributed by atoms with Crippen molar-refractivity contribution in [1.82, 2.24) is 4.90 Å². The number of Topliss-reactive ketones (excluding diaryl/α,β-unsaturated/α-hetero) is 1. The zero-order valence-corrected chi connectivity index (χ0v) is 8.99. The van der Waals surface area contributed by atoms with Crippen LogP contribution in [0.15, 0.2) is 0 Å². The Bertz CT molecular complexity index is 244. The van der Waals surface area contributed by atoms with Crippen LogP contribution in [0.3, 0.4) is 0 Å². The molecule has 2 unspecified atom stereocenters. The van der Waals surface area contributed by atoms with E-state index in [0.717, 1.165) is 25.8 Å². The smallest absolute Gasteiger partial charge is 0.134 e. The fourth-order valence-electron chi connectivity index (χ4n) is 2.00. The summed E-state index contributed by atoms with van der Waals surface area (Å²) in [5.41, 5.74) is 0. The van der Waals surface area contributed by atoms with Gasteiger partial charge in [-0.25, -0.2) is 0 Å². The van der Waals surface area contributed by atoms with Crippen molar-refractivity contribution in [2.24, 2.45) is 5.92 Å². The summed E-state index contributed by atoms with van der Waals surface area (Å²) in [5.74, 6) is 0.426. The maximum absolute atomic E-state index is 11.2. The zero-order chi connectivity index (χ0) is 10.6. The molecule has 3 heteroatoms. The Kier molecular flexibility index (Phi) is 4.09. The molecule has 1 saturated carbocycles. The second kappa shape index (κ2) is 5.11. The Hall–Kier alpha value is -0.880. The third-order valence-corrected chi connectivity index (χ3v) is 2.86. The third kappa shape index (κ3) is 3.12. The number of rotatable bonds is 3. The molecule has 0 amide bonds. The van der Waals surface area contributed by atoms with Gasteiger partial charge in [-0.2, -0.15) is 5.26 Å². The summed E-state index contributed by atoms with van der Waals surface area (Å²) in [6.45, 7) is 2.69. The molecule has 1 aliphatic rings. The molecule has 0 aromatic heterocycles. The van der Waals surface area contributed by atoms with Crippen LogP contribution in [0.25, 0.3) is 0 Å². The summed E-state index contributed by atoms with van der Waals surface area (Å²) in [5, 5.41) is 8.69. The molecule has 14 heavy (non-hydrogen) atoms. The van der Waals surface area contributed by atoms with Gasteiger partial charge < -0.3 is 4.90 Å². The van der Waals surface area contributed by atoms with Crippen LogP contribution in [0.4, 0.5) is 0 Å². The molecule has 3 nitrogen and oxygen atoms in total. The molecular formula is C11H18N2O. The zero-order valence-electron chi connectivity index (χ0n) is 8.99. The van der Waals surface area contributed by atoms with Gasteiger partial charge in [0, 0.05) is 25.4 Å². The van der Waals surface area contributed by atoms with E-state index in [0.29, 0.717) is 18.2 Å². The molecule has 0 bridgehead atoms. The lowest BCUT2D eigenvalue weighted by molar-refractivity contribution is -0.121. The minimum absolute atomic E-state index is 0.0528. The van der Waals surface area contributed by atoms with Crippen LogP contribution >= 0.6 is 0 Å². The Labute approximate surface area is 85.7 Å². The average molecular weight is 194 g/mol. The van der Waals surface area contributed by atoms with Crippen LogP contribution in [0.5, 0.6) is 0 Å². The number of nitriles is 1. The van der Waals surface area contributed by atoms with Crippen molar-refractivity contribution in [2.75, 3.05) is 13.6 Å². The molecule has 0 heterocycles. The molecule has 0 radical (unpaired) electrons. The fourth-order valence-corrected chi connectivity index (χ4v) is 2.00. The maximum Gasteiger partial charge on any atom is 0.134 e. The number of hydrogen-bond acceptors (Lipinski definition) is 3. The molecule has 1 aliphatic carbocycles. The highest BCUT2D eigenvalue weighted by Gasteiger charge is 2.23. The molecule has 0 N–H and O–H groups in total. The predicted octanol–water partition coefficient (Wildman–Crippen LogP) is 1.59. The predicted molar refractivity (Wildman–Crippen MR) is 54.7 cm³/mol. The number of hydrogen-bond donors (Lipinski definition) is 0. The van der Waals surface area contributed by atoms with Crippen molar-refractivity contribution < 1.29 is 4.79 Å². The van der Waals surface area contributed by atoms with E-state index < -0.39 is 0 Å². The first-order valence-corrected chi connectivity index (χ1v) is 5.25. The van der Waals surface area contributed by atoms with Crippen LogP contribution in [0, 0.1) is 17.2 Å². The van der Waals surface area contributed by atoms with E-state index in [4.69, 9.17) is 5.26 Å². The minimum Gasteiger partial charge on any atom is -0.302 e. The lowest BCUT2D eigenvalue weighted by Crippen LogP contribution is -2.38. The number of ketones is 1. The summed E-state index contributed by atoms with van der Waals surface area (Å²) < 4.78 is 0. The second-order valence-electron chi connectivity index (χ2n) is 4.26. The molecule has 1 rings (SSSR count). The number of carbonyl (C=O) groups is 1. The normalized spacial score (nSPS) is 24.7. The summed E-state index contributed by atoms with van der Waals surface area (Å²) in [6, 6.07) is 2.59. The van der Waals surface area contributed by atoms with Gasteiger partial charge >= 0.3 is 0 Å². The highest BCUT2D eigenvalue weighted by molar-refractivity contribution is 5.79. The van der Waals surface area contributed by atoms with Crippen LogP contribution < -0.4 is 0 Å². The Morgan fingerprint density at radius 1 is 1.71 bits per heavy atom. The van der Waals surface area contributed by atoms with Gasteiger partial charge in [-0.3, -0.25) is 4.79 Å². The number of nitrogens with zero attached hydrogens (tertiary/aromatic N) is 2. The van der Waals surface area contributed by atoms with Gasteiger partial charge in [0.1, 0.15) is 5.78 Å². The molecule has 0 spiro atoms. The Balaban J connectivity index is 2.40. The first-order chi connectivity index (χ1) is 6.63. The van der Waals surface area contributed by atoms with Gasteiger partial charge in [0.2, 0.25) is 0 Å². The monoisotopic (exact) mass is 194 g/mol. The van der Waals surface area contributed by atoms with Crippen molar-refractivity contribution in [3.05, 3.63) is 0 Å². The highest BCUT2D eigenvalue weighted by atomic mass is 16.1. The van der Waals surface area contributed by atoms with Gasteiger partial charge in [-0.15, -0.1) is 0 Å². The Morgan fingerprint density at radius 3 is 3.00 bits per heavy atom.